The zero-order valence-corrected chi connectivity index (χ0v) is 25.0. The average Bonchev–Trinajstić information content (AvgIpc) is 3.51. The zero-order valence-electron chi connectivity index (χ0n) is 25.0. The summed E-state index contributed by atoms with van der Waals surface area (Å²) in [5, 5.41) is 5.44. The minimum Gasteiger partial charge on any atom is -0.493 e. The Labute approximate surface area is 256 Å². The van der Waals surface area contributed by atoms with Gasteiger partial charge in [0, 0.05) is 23.9 Å². The maximum atomic E-state index is 8.17. The first kappa shape index (κ1) is 31.6. The lowest BCUT2D eigenvalue weighted by Gasteiger charge is -2.18. The van der Waals surface area contributed by atoms with Gasteiger partial charge in [-0.1, -0.05) is 5.11 Å². The normalized spacial score (nSPS) is 12.9. The molecule has 13 nitrogen and oxygen atoms in total. The maximum Gasteiger partial charge on any atom is 0.231 e. The molecule has 44 heavy (non-hydrogen) atoms. The topological polar surface area (TPSA) is 136 Å². The molecule has 1 aromatic heterocycles. The van der Waals surface area contributed by atoms with Crippen molar-refractivity contribution in [1.29, 1.82) is 0 Å². The van der Waals surface area contributed by atoms with E-state index in [9.17, 15) is 0 Å². The lowest BCUT2D eigenvalue weighted by Crippen LogP contribution is -2.40. The van der Waals surface area contributed by atoms with Gasteiger partial charge in [0.1, 0.15) is 6.61 Å². The highest BCUT2D eigenvalue weighted by atomic mass is 16.7. The van der Waals surface area contributed by atoms with Crippen LogP contribution in [0.4, 0.5) is 0 Å². The predicted molar refractivity (Wildman–Crippen MR) is 160 cm³/mol. The van der Waals surface area contributed by atoms with Crippen LogP contribution in [-0.2, 0) is 36.6 Å². The van der Waals surface area contributed by atoms with Crippen molar-refractivity contribution in [2.75, 3.05) is 93.1 Å². The van der Waals surface area contributed by atoms with Crippen molar-refractivity contribution < 1.29 is 47.2 Å². The Bertz CT molecular complexity index is 1430. The van der Waals surface area contributed by atoms with Crippen LogP contribution in [0, 0.1) is 0 Å². The standard InChI is InChI=1S/C31H39N4O9/c1-36-28-3-2-23-18-27-25-20-30-29(43-22-44-30)19-24(25)4-6-35(27)21-26(23)31(28)42-17-16-41-15-14-40-13-12-39-11-10-38-9-8-37-7-5-33-34-32/h2-3,18-21H,4-17,22H2,1H3/q+1. The summed E-state index contributed by atoms with van der Waals surface area (Å²) in [5.41, 5.74) is 11.7. The summed E-state index contributed by atoms with van der Waals surface area (Å²) in [7, 11) is 1.65. The van der Waals surface area contributed by atoms with E-state index < -0.39 is 0 Å². The van der Waals surface area contributed by atoms with Gasteiger partial charge < -0.3 is 42.6 Å². The lowest BCUT2D eigenvalue weighted by molar-refractivity contribution is -0.686. The SMILES string of the molecule is COc1ccc2cc3[n+](cc2c1OCCOCCOCCOCCOCCOCCN=[N+]=[N-])CCc1cc2c(cc1-3)OCO2. The molecule has 0 saturated heterocycles. The number of fused-ring (bicyclic) bond motifs is 5. The second-order valence-electron chi connectivity index (χ2n) is 9.93. The number of methoxy groups -OCH3 is 1. The fourth-order valence-electron chi connectivity index (χ4n) is 5.04. The number of azide groups is 1. The first-order valence-corrected chi connectivity index (χ1v) is 14.8. The summed E-state index contributed by atoms with van der Waals surface area (Å²) in [6.07, 6.45) is 3.05. The minimum absolute atomic E-state index is 0.265. The van der Waals surface area contributed by atoms with Crippen molar-refractivity contribution in [3.05, 3.63) is 52.5 Å². The molecule has 0 amide bonds. The van der Waals surface area contributed by atoms with Gasteiger partial charge in [-0.25, -0.2) is 0 Å². The van der Waals surface area contributed by atoms with Gasteiger partial charge in [-0.15, -0.1) is 0 Å². The van der Waals surface area contributed by atoms with E-state index in [1.807, 2.05) is 6.07 Å². The fraction of sp³-hybridized carbons (Fsp3) is 0.516. The Kier molecular flexibility index (Phi) is 12.1. The number of pyridine rings is 1. The number of aryl methyl sites for hydroxylation is 2. The summed E-state index contributed by atoms with van der Waals surface area (Å²) in [5.74, 6) is 2.99. The Morgan fingerprint density at radius 2 is 1.45 bits per heavy atom. The first-order valence-electron chi connectivity index (χ1n) is 14.8. The van der Waals surface area contributed by atoms with Crippen LogP contribution in [-0.4, -0.2) is 93.1 Å². The van der Waals surface area contributed by atoms with E-state index in [1.54, 1.807) is 7.11 Å². The van der Waals surface area contributed by atoms with E-state index in [1.165, 1.54) is 5.56 Å². The van der Waals surface area contributed by atoms with Crippen molar-refractivity contribution in [3.8, 4) is 34.3 Å². The van der Waals surface area contributed by atoms with E-state index in [-0.39, 0.29) is 6.79 Å². The zero-order chi connectivity index (χ0) is 30.4. The molecule has 0 unspecified atom stereocenters. The fourth-order valence-corrected chi connectivity index (χ4v) is 5.04. The summed E-state index contributed by atoms with van der Waals surface area (Å²) >= 11 is 0. The molecule has 3 aromatic rings. The van der Waals surface area contributed by atoms with Crippen LogP contribution in [0.1, 0.15) is 5.56 Å². The monoisotopic (exact) mass is 611 g/mol. The molecule has 5 rings (SSSR count). The molecule has 2 aromatic carbocycles. The van der Waals surface area contributed by atoms with Crippen molar-refractivity contribution in [2.45, 2.75) is 13.0 Å². The van der Waals surface area contributed by atoms with Crippen LogP contribution in [0.2, 0.25) is 0 Å². The molecule has 0 atom stereocenters. The predicted octanol–water partition coefficient (Wildman–Crippen LogP) is 3.86. The number of nitrogens with zero attached hydrogens (tertiary/aromatic N) is 4. The van der Waals surface area contributed by atoms with Crippen LogP contribution < -0.4 is 23.5 Å². The van der Waals surface area contributed by atoms with Crippen molar-refractivity contribution >= 4 is 10.8 Å². The highest BCUT2D eigenvalue weighted by Crippen LogP contribution is 2.41. The minimum atomic E-state index is 0.265. The van der Waals surface area contributed by atoms with Gasteiger partial charge >= 0.3 is 0 Å². The second-order valence-corrected chi connectivity index (χ2v) is 9.93. The Hall–Kier alpha value is -3.84. The summed E-state index contributed by atoms with van der Waals surface area (Å²) in [6.45, 7) is 6.40. The number of aromatic nitrogens is 1. The van der Waals surface area contributed by atoms with Crippen LogP contribution >= 0.6 is 0 Å². The third kappa shape index (κ3) is 8.41. The lowest BCUT2D eigenvalue weighted by atomic mass is 9.95. The molecule has 0 saturated carbocycles. The van der Waals surface area contributed by atoms with Crippen molar-refractivity contribution in [3.63, 3.8) is 0 Å². The molecule has 0 spiro atoms. The molecule has 236 valence electrons. The smallest absolute Gasteiger partial charge is 0.231 e. The van der Waals surface area contributed by atoms with Gasteiger partial charge in [-0.05, 0) is 40.7 Å². The molecule has 2 aliphatic rings. The number of rotatable bonds is 20. The summed E-state index contributed by atoms with van der Waals surface area (Å²) in [4.78, 5) is 2.66. The quantitative estimate of drug-likeness (QED) is 0.0613. The van der Waals surface area contributed by atoms with E-state index in [0.29, 0.717) is 90.7 Å². The van der Waals surface area contributed by atoms with E-state index in [0.717, 1.165) is 46.5 Å². The highest BCUT2D eigenvalue weighted by Gasteiger charge is 2.28. The van der Waals surface area contributed by atoms with Gasteiger partial charge in [0.05, 0.1) is 84.1 Å². The third-order valence-electron chi connectivity index (χ3n) is 7.16. The summed E-state index contributed by atoms with van der Waals surface area (Å²) < 4.78 is 52.7. The maximum absolute atomic E-state index is 8.17. The number of ether oxygens (including phenoxy) is 9. The number of hydrogen-bond acceptors (Lipinski definition) is 10. The number of hydrogen-bond donors (Lipinski definition) is 0. The van der Waals surface area contributed by atoms with Gasteiger partial charge in [0.25, 0.3) is 0 Å². The van der Waals surface area contributed by atoms with Crippen molar-refractivity contribution in [1.82, 2.24) is 0 Å². The molecular weight excluding hydrogens is 572 g/mol. The summed E-state index contributed by atoms with van der Waals surface area (Å²) in [6, 6.07) is 10.4. The van der Waals surface area contributed by atoms with Crippen LogP contribution in [0.5, 0.6) is 23.0 Å². The van der Waals surface area contributed by atoms with Gasteiger partial charge in [0.15, 0.2) is 35.7 Å². The molecule has 2 aliphatic heterocycles. The third-order valence-corrected chi connectivity index (χ3v) is 7.16. The van der Waals surface area contributed by atoms with Crippen LogP contribution in [0.15, 0.2) is 41.6 Å². The highest BCUT2D eigenvalue weighted by molar-refractivity contribution is 5.91. The largest absolute Gasteiger partial charge is 0.493 e. The molecule has 0 N–H and O–H groups in total. The van der Waals surface area contributed by atoms with Gasteiger partial charge in [0.2, 0.25) is 12.5 Å². The average molecular weight is 612 g/mol. The Morgan fingerprint density at radius 1 is 0.818 bits per heavy atom. The van der Waals surface area contributed by atoms with E-state index in [4.69, 9.17) is 48.2 Å². The van der Waals surface area contributed by atoms with Gasteiger partial charge in [-0.2, -0.15) is 4.57 Å². The molecule has 0 radical (unpaired) electrons. The first-order chi connectivity index (χ1) is 21.8. The van der Waals surface area contributed by atoms with Gasteiger partial charge in [-0.3, -0.25) is 0 Å². The molecule has 0 aliphatic carbocycles. The van der Waals surface area contributed by atoms with E-state index in [2.05, 4.69) is 45.1 Å². The Morgan fingerprint density at radius 3 is 2.11 bits per heavy atom. The molecule has 13 heteroatoms. The number of benzene rings is 2. The molecular formula is C31H39N4O9+. The molecule has 0 bridgehead atoms. The molecule has 3 heterocycles. The van der Waals surface area contributed by atoms with E-state index >= 15 is 0 Å². The van der Waals surface area contributed by atoms with Crippen LogP contribution in [0.3, 0.4) is 0 Å². The van der Waals surface area contributed by atoms with Crippen LogP contribution in [0.25, 0.3) is 32.5 Å². The second kappa shape index (κ2) is 16.9. The Balaban J connectivity index is 0.994. The van der Waals surface area contributed by atoms with Crippen molar-refractivity contribution in [2.24, 2.45) is 5.11 Å². The molecule has 0 fully saturated rings.